The van der Waals surface area contributed by atoms with Gasteiger partial charge >= 0.3 is 0 Å². The Morgan fingerprint density at radius 2 is 0.833 bits per heavy atom. The maximum atomic E-state index is 10.4. The number of hydrogen-bond acceptors (Lipinski definition) is 3. The minimum atomic E-state index is -4.27. The fourth-order valence-electron chi connectivity index (χ4n) is 5.85. The topological polar surface area (TPSA) is 57.2 Å². The van der Waals surface area contributed by atoms with Gasteiger partial charge in [0, 0.05) is 22.3 Å². The molecule has 0 aliphatic rings. The van der Waals surface area contributed by atoms with Gasteiger partial charge in [-0.05, 0) is 77.8 Å². The van der Waals surface area contributed by atoms with Gasteiger partial charge in [0.15, 0.2) is 14.7 Å². The van der Waals surface area contributed by atoms with Crippen molar-refractivity contribution in [2.75, 3.05) is 0 Å². The SMILES string of the molecule is CC(C)c1cc(C(C)C)c([S+](c2ccccc2)c2c(C(C)C)cc(C(C)C)cc2C(C)C)c(C(C)C)c1.Cc1ccc(S(=O)(=O)[O-])cc1. The molecule has 4 aromatic rings. The van der Waals surface area contributed by atoms with E-state index in [0.29, 0.717) is 35.5 Å². The predicted octanol–water partition coefficient (Wildman–Crippen LogP) is 12.4. The number of hydrogen-bond donors (Lipinski definition) is 0. The Labute approximate surface area is 295 Å². The van der Waals surface area contributed by atoms with E-state index in [-0.39, 0.29) is 15.8 Å². The smallest absolute Gasteiger partial charge is 0.173 e. The van der Waals surface area contributed by atoms with Crippen LogP contribution >= 0.6 is 0 Å². The monoisotopic (exact) mass is 686 g/mol. The van der Waals surface area contributed by atoms with Crippen LogP contribution in [-0.4, -0.2) is 13.0 Å². The minimum Gasteiger partial charge on any atom is -0.744 e. The van der Waals surface area contributed by atoms with Gasteiger partial charge in [-0.2, -0.15) is 0 Å². The van der Waals surface area contributed by atoms with Gasteiger partial charge in [0.05, 0.1) is 4.90 Å². The summed E-state index contributed by atoms with van der Waals surface area (Å²) in [6.45, 7) is 30.2. The third-order valence-electron chi connectivity index (χ3n) is 8.86. The first-order valence-corrected chi connectivity index (χ1v) is 20.2. The lowest BCUT2D eigenvalue weighted by molar-refractivity contribution is 0.463. The van der Waals surface area contributed by atoms with Crippen LogP contribution in [0.1, 0.15) is 158 Å². The molecule has 0 fully saturated rings. The van der Waals surface area contributed by atoms with Crippen molar-refractivity contribution in [3.63, 3.8) is 0 Å². The van der Waals surface area contributed by atoms with Crippen LogP contribution in [0.4, 0.5) is 0 Å². The molecule has 0 amide bonds. The fraction of sp³-hybridized carbons (Fsp3) is 0.442. The largest absolute Gasteiger partial charge is 0.744 e. The molecule has 0 atom stereocenters. The summed E-state index contributed by atoms with van der Waals surface area (Å²) in [5.74, 6) is 2.89. The molecular weight excluding hydrogens is 629 g/mol. The van der Waals surface area contributed by atoms with E-state index in [0.717, 1.165) is 5.56 Å². The van der Waals surface area contributed by atoms with Crippen molar-refractivity contribution in [3.05, 3.63) is 118 Å². The molecule has 0 bridgehead atoms. The van der Waals surface area contributed by atoms with Crippen molar-refractivity contribution in [3.8, 4) is 0 Å². The normalized spacial score (nSPS) is 12.2. The number of rotatable bonds is 10. The Hall–Kier alpha value is -2.86. The van der Waals surface area contributed by atoms with Gasteiger partial charge in [-0.15, -0.1) is 0 Å². The van der Waals surface area contributed by atoms with E-state index in [1.807, 2.05) is 6.92 Å². The first-order valence-electron chi connectivity index (χ1n) is 17.5. The zero-order valence-electron chi connectivity index (χ0n) is 31.5. The molecule has 3 nitrogen and oxygen atoms in total. The van der Waals surface area contributed by atoms with Gasteiger partial charge in [-0.25, -0.2) is 8.42 Å². The van der Waals surface area contributed by atoms with Gasteiger partial charge in [0.2, 0.25) is 0 Å². The van der Waals surface area contributed by atoms with E-state index in [1.54, 1.807) is 21.9 Å². The average molecular weight is 687 g/mol. The van der Waals surface area contributed by atoms with E-state index in [1.165, 1.54) is 50.4 Å². The van der Waals surface area contributed by atoms with Crippen LogP contribution in [0.2, 0.25) is 0 Å². The molecule has 5 heteroatoms. The van der Waals surface area contributed by atoms with Crippen molar-refractivity contribution in [2.45, 2.75) is 145 Å². The molecule has 0 radical (unpaired) electrons. The third kappa shape index (κ3) is 9.64. The van der Waals surface area contributed by atoms with Crippen LogP contribution in [0, 0.1) is 6.92 Å². The fourth-order valence-corrected chi connectivity index (χ4v) is 9.55. The molecule has 0 aromatic heterocycles. The van der Waals surface area contributed by atoms with Crippen molar-refractivity contribution in [2.24, 2.45) is 0 Å². The predicted molar refractivity (Wildman–Crippen MR) is 205 cm³/mol. The van der Waals surface area contributed by atoms with Crippen LogP contribution < -0.4 is 0 Å². The average Bonchev–Trinajstić information content (AvgIpc) is 3.01. The van der Waals surface area contributed by atoms with E-state index in [4.69, 9.17) is 0 Å². The first kappa shape index (κ1) is 39.6. The zero-order chi connectivity index (χ0) is 36.1. The molecular formula is C43H58O3S2. The van der Waals surface area contributed by atoms with Crippen molar-refractivity contribution in [1.29, 1.82) is 0 Å². The van der Waals surface area contributed by atoms with Crippen LogP contribution in [0.3, 0.4) is 0 Å². The van der Waals surface area contributed by atoms with E-state index in [9.17, 15) is 13.0 Å². The summed E-state index contributed by atoms with van der Waals surface area (Å²) in [5, 5.41) is 0. The Morgan fingerprint density at radius 1 is 0.500 bits per heavy atom. The van der Waals surface area contributed by atoms with Gasteiger partial charge in [-0.1, -0.05) is 143 Å². The quantitative estimate of drug-likeness (QED) is 0.123. The van der Waals surface area contributed by atoms with Gasteiger partial charge in [-0.3, -0.25) is 0 Å². The maximum Gasteiger partial charge on any atom is 0.173 e. The lowest BCUT2D eigenvalue weighted by Gasteiger charge is -2.26. The van der Waals surface area contributed by atoms with E-state index >= 15 is 0 Å². The maximum absolute atomic E-state index is 10.4. The van der Waals surface area contributed by atoms with Gasteiger partial charge in [0.25, 0.3) is 0 Å². The first-order chi connectivity index (χ1) is 22.3. The Bertz CT molecular complexity index is 1610. The second-order valence-electron chi connectivity index (χ2n) is 14.9. The lowest BCUT2D eigenvalue weighted by atomic mass is 9.89. The van der Waals surface area contributed by atoms with Crippen molar-refractivity contribution in [1.82, 2.24) is 0 Å². The summed E-state index contributed by atoms with van der Waals surface area (Å²) in [6.07, 6.45) is 0. The van der Waals surface area contributed by atoms with E-state index in [2.05, 4.69) is 138 Å². The molecule has 0 aliphatic carbocycles. The molecule has 0 N–H and O–H groups in total. The van der Waals surface area contributed by atoms with Crippen LogP contribution in [0.25, 0.3) is 0 Å². The molecule has 0 saturated heterocycles. The van der Waals surface area contributed by atoms with Crippen molar-refractivity contribution < 1.29 is 13.0 Å². The molecule has 0 spiro atoms. The summed E-state index contributed by atoms with van der Waals surface area (Å²) in [5.41, 5.74) is 9.97. The highest BCUT2D eigenvalue weighted by Crippen LogP contribution is 2.47. The Kier molecular flexibility index (Phi) is 13.8. The highest BCUT2D eigenvalue weighted by Gasteiger charge is 2.40. The second-order valence-corrected chi connectivity index (χ2v) is 18.2. The third-order valence-corrected chi connectivity index (χ3v) is 12.2. The Morgan fingerprint density at radius 3 is 1.10 bits per heavy atom. The molecule has 4 rings (SSSR count). The second kappa shape index (κ2) is 16.7. The molecule has 48 heavy (non-hydrogen) atoms. The number of benzene rings is 4. The molecule has 4 aromatic carbocycles. The highest BCUT2D eigenvalue weighted by atomic mass is 32.2. The molecule has 260 valence electrons. The highest BCUT2D eigenvalue weighted by molar-refractivity contribution is 7.97. The summed E-state index contributed by atoms with van der Waals surface area (Å²) in [7, 11) is -4.46. The van der Waals surface area contributed by atoms with Crippen LogP contribution in [0.15, 0.2) is 98.4 Å². The van der Waals surface area contributed by atoms with E-state index < -0.39 is 10.1 Å². The minimum absolute atomic E-state index is 0.178. The van der Waals surface area contributed by atoms with Crippen LogP contribution in [0.5, 0.6) is 0 Å². The Balaban J connectivity index is 0.000000480. The number of aryl methyl sites for hydroxylation is 1. The molecule has 0 saturated carbocycles. The lowest BCUT2D eigenvalue weighted by Crippen LogP contribution is -2.18. The molecule has 0 unspecified atom stereocenters. The van der Waals surface area contributed by atoms with Gasteiger partial charge in [0.1, 0.15) is 21.0 Å². The molecule has 0 heterocycles. The summed E-state index contributed by atoms with van der Waals surface area (Å²) < 4.78 is 31.2. The summed E-state index contributed by atoms with van der Waals surface area (Å²) in [6, 6.07) is 27.3. The standard InChI is InChI=1S/C36H51S.C7H8O3S/c1-22(2)28-18-31(24(5)6)35(32(19-28)25(7)8)37(30-16-14-13-15-17-30)36-33(26(9)10)20-29(23(3)4)21-34(36)27(11)12;1-6-2-4-7(5-3-6)11(8,9)10/h13-27H,1-12H3;2-5H,1H3,(H,8,9,10)/q+1;/p-1. The molecule has 0 aliphatic heterocycles. The zero-order valence-corrected chi connectivity index (χ0v) is 33.1. The van der Waals surface area contributed by atoms with Crippen molar-refractivity contribution >= 4 is 21.0 Å². The summed E-state index contributed by atoms with van der Waals surface area (Å²) in [4.78, 5) is 4.40. The van der Waals surface area contributed by atoms with Crippen LogP contribution in [-0.2, 0) is 21.0 Å². The summed E-state index contributed by atoms with van der Waals surface area (Å²) >= 11 is 0. The van der Waals surface area contributed by atoms with Gasteiger partial charge < -0.3 is 4.55 Å².